The minimum absolute atomic E-state index is 0.197. The lowest BCUT2D eigenvalue weighted by Gasteiger charge is -2.34. The summed E-state index contributed by atoms with van der Waals surface area (Å²) in [6.07, 6.45) is 1.10. The molecule has 0 spiro atoms. The molecule has 1 aliphatic rings. The van der Waals surface area contributed by atoms with E-state index in [0.29, 0.717) is 10.9 Å². The van der Waals surface area contributed by atoms with Gasteiger partial charge in [0.15, 0.2) is 0 Å². The van der Waals surface area contributed by atoms with Gasteiger partial charge in [0.2, 0.25) is 0 Å². The average molecular weight is 276 g/mol. The van der Waals surface area contributed by atoms with Gasteiger partial charge >= 0.3 is 0 Å². The SMILES string of the molecule is CC1CCN(Cc2ccc(F)cc2Cl)CC1Cl. The summed E-state index contributed by atoms with van der Waals surface area (Å²) in [5, 5.41) is 0.692. The Morgan fingerprint density at radius 2 is 2.24 bits per heavy atom. The number of piperidine rings is 1. The van der Waals surface area contributed by atoms with Crippen LogP contribution in [0.4, 0.5) is 4.39 Å². The summed E-state index contributed by atoms with van der Waals surface area (Å²) in [6.45, 7) is 4.82. The first kappa shape index (κ1) is 13.1. The minimum atomic E-state index is -0.291. The van der Waals surface area contributed by atoms with Crippen LogP contribution in [0, 0.1) is 11.7 Å². The average Bonchev–Trinajstić information content (AvgIpc) is 2.27. The largest absolute Gasteiger partial charge is 0.298 e. The van der Waals surface area contributed by atoms with Crippen molar-refractivity contribution in [2.24, 2.45) is 5.92 Å². The zero-order chi connectivity index (χ0) is 12.4. The van der Waals surface area contributed by atoms with Crippen molar-refractivity contribution in [3.8, 4) is 0 Å². The van der Waals surface area contributed by atoms with Crippen LogP contribution in [0.15, 0.2) is 18.2 Å². The highest BCUT2D eigenvalue weighted by Gasteiger charge is 2.24. The lowest BCUT2D eigenvalue weighted by atomic mass is 9.98. The van der Waals surface area contributed by atoms with Gasteiger partial charge in [-0.15, -0.1) is 11.6 Å². The van der Waals surface area contributed by atoms with Crippen molar-refractivity contribution in [1.82, 2.24) is 4.90 Å². The van der Waals surface area contributed by atoms with E-state index in [1.807, 2.05) is 0 Å². The summed E-state index contributed by atoms with van der Waals surface area (Å²) in [5.74, 6) is 0.276. The second kappa shape index (κ2) is 5.55. The molecule has 1 fully saturated rings. The molecule has 0 amide bonds. The number of benzene rings is 1. The van der Waals surface area contributed by atoms with Crippen molar-refractivity contribution in [3.05, 3.63) is 34.6 Å². The molecule has 2 rings (SSSR count). The van der Waals surface area contributed by atoms with Crippen LogP contribution in [0.5, 0.6) is 0 Å². The zero-order valence-electron chi connectivity index (χ0n) is 9.80. The topological polar surface area (TPSA) is 3.24 Å². The van der Waals surface area contributed by atoms with E-state index in [9.17, 15) is 4.39 Å². The van der Waals surface area contributed by atoms with Gasteiger partial charge in [-0.1, -0.05) is 24.6 Å². The van der Waals surface area contributed by atoms with Crippen molar-refractivity contribution in [2.75, 3.05) is 13.1 Å². The highest BCUT2D eigenvalue weighted by molar-refractivity contribution is 6.31. The maximum absolute atomic E-state index is 12.9. The summed E-state index contributed by atoms with van der Waals surface area (Å²) in [7, 11) is 0. The molecular formula is C13H16Cl2FN. The zero-order valence-corrected chi connectivity index (χ0v) is 11.3. The predicted octanol–water partition coefficient (Wildman–Crippen LogP) is 3.93. The van der Waals surface area contributed by atoms with Crippen LogP contribution in [0.1, 0.15) is 18.9 Å². The van der Waals surface area contributed by atoms with Gasteiger partial charge in [0.05, 0.1) is 0 Å². The molecule has 1 heterocycles. The van der Waals surface area contributed by atoms with E-state index in [-0.39, 0.29) is 11.2 Å². The predicted molar refractivity (Wildman–Crippen MR) is 70.1 cm³/mol. The first-order valence-corrected chi connectivity index (χ1v) is 6.68. The summed E-state index contributed by atoms with van der Waals surface area (Å²) in [4.78, 5) is 2.27. The van der Waals surface area contributed by atoms with Crippen LogP contribution in [0.25, 0.3) is 0 Å². The van der Waals surface area contributed by atoms with Crippen LogP contribution in [-0.4, -0.2) is 23.4 Å². The first-order valence-electron chi connectivity index (χ1n) is 5.86. The fourth-order valence-corrected chi connectivity index (χ4v) is 2.67. The molecule has 0 radical (unpaired) electrons. The third-order valence-electron chi connectivity index (χ3n) is 3.36. The van der Waals surface area contributed by atoms with E-state index in [0.717, 1.165) is 31.6 Å². The lowest BCUT2D eigenvalue weighted by molar-refractivity contribution is 0.189. The smallest absolute Gasteiger partial charge is 0.124 e. The van der Waals surface area contributed by atoms with Crippen LogP contribution >= 0.6 is 23.2 Å². The Labute approximate surface area is 112 Å². The molecule has 17 heavy (non-hydrogen) atoms. The molecule has 0 N–H and O–H groups in total. The van der Waals surface area contributed by atoms with Gasteiger partial charge in [-0.05, 0) is 36.6 Å². The van der Waals surface area contributed by atoms with Crippen molar-refractivity contribution >= 4 is 23.2 Å². The Balaban J connectivity index is 2.01. The molecule has 0 aromatic heterocycles. The highest BCUT2D eigenvalue weighted by Crippen LogP contribution is 2.25. The number of alkyl halides is 1. The standard InChI is InChI=1S/C13H16Cl2FN/c1-9-4-5-17(8-13(9)15)7-10-2-3-11(16)6-12(10)14/h2-3,6,9,13H,4-5,7-8H2,1H3. The fraction of sp³-hybridized carbons (Fsp3) is 0.538. The minimum Gasteiger partial charge on any atom is -0.298 e. The van der Waals surface area contributed by atoms with Gasteiger partial charge in [0.25, 0.3) is 0 Å². The van der Waals surface area contributed by atoms with Crippen LogP contribution in [-0.2, 0) is 6.54 Å². The molecule has 1 nitrogen and oxygen atoms in total. The fourth-order valence-electron chi connectivity index (χ4n) is 2.12. The summed E-state index contributed by atoms with van der Waals surface area (Å²) in [6, 6.07) is 4.56. The molecule has 2 atom stereocenters. The Bertz CT molecular complexity index is 397. The Kier molecular flexibility index (Phi) is 4.29. The van der Waals surface area contributed by atoms with Gasteiger partial charge < -0.3 is 0 Å². The maximum Gasteiger partial charge on any atom is 0.124 e. The van der Waals surface area contributed by atoms with Gasteiger partial charge in [-0.25, -0.2) is 4.39 Å². The van der Waals surface area contributed by atoms with E-state index in [4.69, 9.17) is 23.2 Å². The Hall–Kier alpha value is -0.310. The summed E-state index contributed by atoms with van der Waals surface area (Å²) < 4.78 is 12.9. The molecule has 2 unspecified atom stereocenters. The molecule has 0 aliphatic carbocycles. The molecule has 1 aliphatic heterocycles. The van der Waals surface area contributed by atoms with Crippen LogP contribution in [0.2, 0.25) is 5.02 Å². The van der Waals surface area contributed by atoms with E-state index in [2.05, 4.69) is 11.8 Å². The quantitative estimate of drug-likeness (QED) is 0.740. The van der Waals surface area contributed by atoms with Crippen molar-refractivity contribution < 1.29 is 4.39 Å². The molecular weight excluding hydrogens is 260 g/mol. The van der Waals surface area contributed by atoms with E-state index >= 15 is 0 Å². The van der Waals surface area contributed by atoms with Gasteiger partial charge in [0, 0.05) is 23.5 Å². The molecule has 1 saturated heterocycles. The summed E-state index contributed by atoms with van der Waals surface area (Å²) >= 11 is 12.3. The maximum atomic E-state index is 12.9. The Morgan fingerprint density at radius 3 is 2.88 bits per heavy atom. The highest BCUT2D eigenvalue weighted by atomic mass is 35.5. The van der Waals surface area contributed by atoms with Gasteiger partial charge in [0.1, 0.15) is 5.82 Å². The third kappa shape index (κ3) is 3.34. The van der Waals surface area contributed by atoms with Gasteiger partial charge in [-0.2, -0.15) is 0 Å². The van der Waals surface area contributed by atoms with Gasteiger partial charge in [-0.3, -0.25) is 4.90 Å². The second-order valence-corrected chi connectivity index (χ2v) is 5.72. The van der Waals surface area contributed by atoms with E-state index in [1.54, 1.807) is 6.07 Å². The number of hydrogen-bond acceptors (Lipinski definition) is 1. The Morgan fingerprint density at radius 1 is 1.47 bits per heavy atom. The monoisotopic (exact) mass is 275 g/mol. The molecule has 4 heteroatoms. The molecule has 94 valence electrons. The number of rotatable bonds is 2. The van der Waals surface area contributed by atoms with Crippen molar-refractivity contribution in [3.63, 3.8) is 0 Å². The normalized spacial score (nSPS) is 26.1. The number of nitrogens with zero attached hydrogens (tertiary/aromatic N) is 1. The number of likely N-dealkylation sites (tertiary alicyclic amines) is 1. The molecule has 1 aromatic rings. The second-order valence-electron chi connectivity index (χ2n) is 4.75. The van der Waals surface area contributed by atoms with E-state index < -0.39 is 0 Å². The summed E-state index contributed by atoms with van der Waals surface area (Å²) in [5.41, 5.74) is 0.964. The molecule has 0 bridgehead atoms. The number of halogens is 3. The molecule has 0 saturated carbocycles. The molecule has 1 aromatic carbocycles. The van der Waals surface area contributed by atoms with E-state index in [1.165, 1.54) is 12.1 Å². The lowest BCUT2D eigenvalue weighted by Crippen LogP contribution is -2.39. The van der Waals surface area contributed by atoms with Crippen LogP contribution < -0.4 is 0 Å². The van der Waals surface area contributed by atoms with Crippen LogP contribution in [0.3, 0.4) is 0 Å². The first-order chi connectivity index (χ1) is 8.06. The number of hydrogen-bond donors (Lipinski definition) is 0. The third-order valence-corrected chi connectivity index (χ3v) is 4.28. The van der Waals surface area contributed by atoms with Crippen molar-refractivity contribution in [1.29, 1.82) is 0 Å². The van der Waals surface area contributed by atoms with Crippen molar-refractivity contribution in [2.45, 2.75) is 25.3 Å².